The van der Waals surface area contributed by atoms with Crippen LogP contribution < -0.4 is 5.32 Å². The lowest BCUT2D eigenvalue weighted by molar-refractivity contribution is -0.142. The van der Waals surface area contributed by atoms with E-state index in [0.29, 0.717) is 24.7 Å². The monoisotopic (exact) mass is 293 g/mol. The molecule has 0 aliphatic heterocycles. The van der Waals surface area contributed by atoms with Gasteiger partial charge in [0.2, 0.25) is 0 Å². The van der Waals surface area contributed by atoms with Crippen LogP contribution in [0.15, 0.2) is 24.3 Å². The number of carbonyl (C=O) groups is 1. The lowest BCUT2D eigenvalue weighted by Gasteiger charge is -2.31. The topological polar surface area (TPSA) is 49.3 Å². The van der Waals surface area contributed by atoms with Crippen LogP contribution in [0.3, 0.4) is 0 Å². The molecule has 1 fully saturated rings. The van der Waals surface area contributed by atoms with E-state index in [1.165, 1.54) is 6.07 Å². The molecule has 0 heterocycles. The van der Waals surface area contributed by atoms with Crippen molar-refractivity contribution < 1.29 is 14.3 Å². The van der Waals surface area contributed by atoms with E-state index in [0.717, 1.165) is 19.3 Å². The van der Waals surface area contributed by atoms with Gasteiger partial charge < -0.3 is 10.4 Å². The van der Waals surface area contributed by atoms with Crippen molar-refractivity contribution in [2.75, 3.05) is 5.32 Å². The number of hydrogen-bond donors (Lipinski definition) is 2. The minimum absolute atomic E-state index is 0.280. The zero-order chi connectivity index (χ0) is 15.5. The molecule has 1 aromatic carbocycles. The first-order chi connectivity index (χ1) is 9.94. The average molecular weight is 293 g/mol. The number of hydrogen-bond acceptors (Lipinski definition) is 2. The minimum atomic E-state index is -1.05. The predicted molar refractivity (Wildman–Crippen MR) is 81.8 cm³/mol. The largest absolute Gasteiger partial charge is 0.480 e. The Balaban J connectivity index is 2.21. The van der Waals surface area contributed by atoms with E-state index >= 15 is 0 Å². The summed E-state index contributed by atoms with van der Waals surface area (Å²) in [6.07, 6.45) is 3.85. The van der Waals surface area contributed by atoms with E-state index < -0.39 is 17.3 Å². The first-order valence-electron chi connectivity index (χ1n) is 7.71. The third kappa shape index (κ3) is 3.55. The number of aliphatic carboxylic acids is 1. The molecule has 0 saturated heterocycles. The van der Waals surface area contributed by atoms with E-state index in [9.17, 15) is 14.3 Å². The minimum Gasteiger partial charge on any atom is -0.480 e. The van der Waals surface area contributed by atoms with E-state index in [4.69, 9.17) is 0 Å². The zero-order valence-electron chi connectivity index (χ0n) is 12.7. The summed E-state index contributed by atoms with van der Waals surface area (Å²) in [6, 6.07) is 6.28. The highest BCUT2D eigenvalue weighted by Gasteiger charge is 2.41. The quantitative estimate of drug-likeness (QED) is 0.814. The van der Waals surface area contributed by atoms with Gasteiger partial charge in [-0.3, -0.25) is 0 Å². The summed E-state index contributed by atoms with van der Waals surface area (Å²) in [5.74, 6) is -0.172. The highest BCUT2D eigenvalue weighted by molar-refractivity contribution is 5.82. The maximum absolute atomic E-state index is 13.8. The van der Waals surface area contributed by atoms with Gasteiger partial charge in [0, 0.05) is 0 Å². The van der Waals surface area contributed by atoms with Crippen molar-refractivity contribution in [3.63, 3.8) is 0 Å². The molecule has 1 aliphatic carbocycles. The first-order valence-corrected chi connectivity index (χ1v) is 7.71. The summed E-state index contributed by atoms with van der Waals surface area (Å²) in [5, 5.41) is 12.7. The first kappa shape index (κ1) is 15.8. The number of para-hydroxylation sites is 1. The predicted octanol–water partition coefficient (Wildman–Crippen LogP) is 4.30. The Morgan fingerprint density at radius 1 is 1.33 bits per heavy atom. The molecule has 1 aliphatic rings. The summed E-state index contributed by atoms with van der Waals surface area (Å²) in [7, 11) is 0. The normalized spacial score (nSPS) is 26.4. The van der Waals surface area contributed by atoms with Gasteiger partial charge in [-0.1, -0.05) is 38.8 Å². The van der Waals surface area contributed by atoms with Crippen molar-refractivity contribution in [1.29, 1.82) is 0 Å². The Morgan fingerprint density at radius 2 is 2.05 bits per heavy atom. The number of carboxylic acids is 1. The molecular weight excluding hydrogens is 269 g/mol. The van der Waals surface area contributed by atoms with Crippen LogP contribution >= 0.6 is 0 Å². The van der Waals surface area contributed by atoms with Gasteiger partial charge in [0.05, 0.1) is 5.69 Å². The molecule has 0 spiro atoms. The Labute approximate surface area is 125 Å². The van der Waals surface area contributed by atoms with E-state index in [-0.39, 0.29) is 5.69 Å². The Hall–Kier alpha value is -1.58. The molecule has 0 amide bonds. The molecule has 4 heteroatoms. The van der Waals surface area contributed by atoms with Crippen LogP contribution in [-0.4, -0.2) is 16.6 Å². The molecular formula is C17H24FNO2. The molecule has 2 atom stereocenters. The van der Waals surface area contributed by atoms with E-state index in [1.54, 1.807) is 18.2 Å². The molecule has 0 bridgehead atoms. The molecule has 1 aromatic rings. The van der Waals surface area contributed by atoms with Crippen molar-refractivity contribution in [2.24, 2.45) is 11.8 Å². The molecule has 2 unspecified atom stereocenters. The van der Waals surface area contributed by atoms with Crippen LogP contribution in [0, 0.1) is 17.7 Å². The Morgan fingerprint density at radius 3 is 2.67 bits per heavy atom. The summed E-state index contributed by atoms with van der Waals surface area (Å²) in [4.78, 5) is 11.8. The maximum Gasteiger partial charge on any atom is 0.329 e. The second kappa shape index (κ2) is 6.46. The summed E-state index contributed by atoms with van der Waals surface area (Å²) < 4.78 is 13.8. The van der Waals surface area contributed by atoms with Gasteiger partial charge in [-0.25, -0.2) is 9.18 Å². The van der Waals surface area contributed by atoms with Crippen molar-refractivity contribution in [2.45, 2.75) is 51.5 Å². The van der Waals surface area contributed by atoms with Gasteiger partial charge in [0.25, 0.3) is 0 Å². The number of nitrogens with one attached hydrogen (secondary N) is 1. The third-order valence-electron chi connectivity index (χ3n) is 4.72. The second-order valence-electron chi connectivity index (χ2n) is 6.43. The zero-order valence-corrected chi connectivity index (χ0v) is 12.7. The summed E-state index contributed by atoms with van der Waals surface area (Å²) in [5.41, 5.74) is -0.769. The van der Waals surface area contributed by atoms with Gasteiger partial charge in [-0.15, -0.1) is 0 Å². The second-order valence-corrected chi connectivity index (χ2v) is 6.43. The molecule has 3 nitrogen and oxygen atoms in total. The summed E-state index contributed by atoms with van der Waals surface area (Å²) in [6.45, 7) is 4.37. The standard InChI is InChI=1S/C17H24FNO2/c1-12(2)13-6-5-10-17(11-9-13,16(20)21)19-15-8-4-3-7-14(15)18/h3-4,7-8,12-13,19H,5-6,9-11H2,1-2H3,(H,20,21). The van der Waals surface area contributed by atoms with Crippen LogP contribution in [0.4, 0.5) is 10.1 Å². The van der Waals surface area contributed by atoms with Crippen LogP contribution in [0.25, 0.3) is 0 Å². The molecule has 0 aromatic heterocycles. The number of anilines is 1. The fourth-order valence-corrected chi connectivity index (χ4v) is 3.25. The molecule has 116 valence electrons. The number of benzene rings is 1. The van der Waals surface area contributed by atoms with E-state index in [2.05, 4.69) is 19.2 Å². The van der Waals surface area contributed by atoms with Crippen molar-refractivity contribution in [3.05, 3.63) is 30.1 Å². The van der Waals surface area contributed by atoms with Crippen LogP contribution in [0.5, 0.6) is 0 Å². The SMILES string of the molecule is CC(C)C1CCCC(Nc2ccccc2F)(C(=O)O)CC1. The molecule has 1 saturated carbocycles. The number of carboxylic acid groups (broad SMARTS) is 1. The molecule has 0 radical (unpaired) electrons. The fourth-order valence-electron chi connectivity index (χ4n) is 3.25. The highest BCUT2D eigenvalue weighted by atomic mass is 19.1. The summed E-state index contributed by atoms with van der Waals surface area (Å²) >= 11 is 0. The van der Waals surface area contributed by atoms with Crippen LogP contribution in [0.2, 0.25) is 0 Å². The molecule has 21 heavy (non-hydrogen) atoms. The maximum atomic E-state index is 13.8. The fraction of sp³-hybridized carbons (Fsp3) is 0.588. The highest BCUT2D eigenvalue weighted by Crippen LogP contribution is 2.36. The van der Waals surface area contributed by atoms with Crippen molar-refractivity contribution >= 4 is 11.7 Å². The van der Waals surface area contributed by atoms with Gasteiger partial charge in [-0.05, 0) is 43.2 Å². The number of halogens is 1. The average Bonchev–Trinajstić information content (AvgIpc) is 2.65. The number of rotatable bonds is 4. The van der Waals surface area contributed by atoms with Gasteiger partial charge in [0.1, 0.15) is 11.4 Å². The Kier molecular flexibility index (Phi) is 4.86. The van der Waals surface area contributed by atoms with Gasteiger partial charge >= 0.3 is 5.97 Å². The molecule has 2 N–H and O–H groups in total. The third-order valence-corrected chi connectivity index (χ3v) is 4.72. The van der Waals surface area contributed by atoms with Crippen LogP contribution in [-0.2, 0) is 4.79 Å². The smallest absolute Gasteiger partial charge is 0.329 e. The van der Waals surface area contributed by atoms with Gasteiger partial charge in [0.15, 0.2) is 0 Å². The van der Waals surface area contributed by atoms with Crippen molar-refractivity contribution in [1.82, 2.24) is 0 Å². The van der Waals surface area contributed by atoms with Gasteiger partial charge in [-0.2, -0.15) is 0 Å². The Bertz CT molecular complexity index is 503. The molecule has 2 rings (SSSR count). The lowest BCUT2D eigenvalue weighted by atomic mass is 9.86. The lowest BCUT2D eigenvalue weighted by Crippen LogP contribution is -2.46. The van der Waals surface area contributed by atoms with Crippen molar-refractivity contribution in [3.8, 4) is 0 Å². The van der Waals surface area contributed by atoms with Crippen LogP contribution in [0.1, 0.15) is 46.0 Å². The van der Waals surface area contributed by atoms with E-state index in [1.807, 2.05) is 0 Å².